The average molecular weight is 360 g/mol. The van der Waals surface area contributed by atoms with Crippen LogP contribution in [-0.4, -0.2) is 29.1 Å². The van der Waals surface area contributed by atoms with Gasteiger partial charge in [0, 0.05) is 11.3 Å². The summed E-state index contributed by atoms with van der Waals surface area (Å²) in [6.07, 6.45) is 0. The Morgan fingerprint density at radius 2 is 1.88 bits per heavy atom. The predicted octanol–water partition coefficient (Wildman–Crippen LogP) is 3.11. The van der Waals surface area contributed by atoms with Crippen molar-refractivity contribution in [3.63, 3.8) is 0 Å². The Hall–Kier alpha value is -2.74. The van der Waals surface area contributed by atoms with Crippen LogP contribution in [0.4, 0.5) is 4.39 Å². The van der Waals surface area contributed by atoms with E-state index < -0.39 is 0 Å². The van der Waals surface area contributed by atoms with Crippen molar-refractivity contribution in [3.05, 3.63) is 53.8 Å². The Kier molecular flexibility index (Phi) is 5.08. The minimum absolute atomic E-state index is 0.265. The van der Waals surface area contributed by atoms with Gasteiger partial charge in [-0.25, -0.2) is 9.07 Å². The number of thioether (sulfide) groups is 1. The zero-order valence-corrected chi connectivity index (χ0v) is 14.6. The largest absolute Gasteiger partial charge is 0.493 e. The molecule has 2 N–H and O–H groups in total. The highest BCUT2D eigenvalue weighted by Crippen LogP contribution is 2.32. The van der Waals surface area contributed by atoms with Crippen molar-refractivity contribution in [2.75, 3.05) is 20.1 Å². The second kappa shape index (κ2) is 7.43. The van der Waals surface area contributed by atoms with Crippen molar-refractivity contribution >= 4 is 11.8 Å². The highest BCUT2D eigenvalue weighted by atomic mass is 32.2. The number of benzene rings is 2. The fourth-order valence-electron chi connectivity index (χ4n) is 2.32. The van der Waals surface area contributed by atoms with Gasteiger partial charge in [0.2, 0.25) is 5.16 Å². The molecule has 3 aromatic rings. The maximum absolute atomic E-state index is 13.2. The van der Waals surface area contributed by atoms with E-state index >= 15 is 0 Å². The molecule has 130 valence electrons. The normalized spacial score (nSPS) is 10.7. The van der Waals surface area contributed by atoms with Gasteiger partial charge in [-0.05, 0) is 35.9 Å². The smallest absolute Gasteiger partial charge is 0.210 e. The lowest BCUT2D eigenvalue weighted by molar-refractivity contribution is 0.355. The van der Waals surface area contributed by atoms with Crippen molar-refractivity contribution in [3.8, 4) is 22.9 Å². The molecule has 25 heavy (non-hydrogen) atoms. The summed E-state index contributed by atoms with van der Waals surface area (Å²) in [4.78, 5) is 0. The Balaban J connectivity index is 1.81. The lowest BCUT2D eigenvalue weighted by atomic mass is 10.2. The molecule has 6 nitrogen and oxygen atoms in total. The number of aromatic nitrogens is 3. The summed E-state index contributed by atoms with van der Waals surface area (Å²) in [5, 5.41) is 8.79. The molecule has 0 fully saturated rings. The molecule has 0 radical (unpaired) electrons. The molecule has 0 aliphatic carbocycles. The molecule has 0 aliphatic rings. The third-order valence-electron chi connectivity index (χ3n) is 3.56. The molecular weight excluding hydrogens is 343 g/mol. The van der Waals surface area contributed by atoms with Crippen LogP contribution in [-0.2, 0) is 5.75 Å². The minimum Gasteiger partial charge on any atom is -0.493 e. The third kappa shape index (κ3) is 3.69. The summed E-state index contributed by atoms with van der Waals surface area (Å²) in [7, 11) is 3.14. The zero-order chi connectivity index (χ0) is 17.8. The maximum atomic E-state index is 13.2. The van der Waals surface area contributed by atoms with Crippen molar-refractivity contribution in [2.45, 2.75) is 10.9 Å². The van der Waals surface area contributed by atoms with E-state index in [1.54, 1.807) is 32.4 Å². The summed E-state index contributed by atoms with van der Waals surface area (Å²) < 4.78 is 25.2. The van der Waals surface area contributed by atoms with Gasteiger partial charge in [0.15, 0.2) is 17.3 Å². The highest BCUT2D eigenvalue weighted by Gasteiger charge is 2.15. The molecule has 0 aliphatic heterocycles. The zero-order valence-electron chi connectivity index (χ0n) is 13.8. The van der Waals surface area contributed by atoms with E-state index in [2.05, 4.69) is 10.2 Å². The average Bonchev–Trinajstić information content (AvgIpc) is 3.00. The molecular formula is C17H17FN4O2S. The molecule has 0 atom stereocenters. The minimum atomic E-state index is -0.265. The van der Waals surface area contributed by atoms with Crippen LogP contribution in [0.15, 0.2) is 47.6 Å². The summed E-state index contributed by atoms with van der Waals surface area (Å²) >= 11 is 1.38. The number of halogens is 1. The molecule has 3 rings (SSSR count). The predicted molar refractivity (Wildman–Crippen MR) is 94.7 cm³/mol. The van der Waals surface area contributed by atoms with Gasteiger partial charge < -0.3 is 15.3 Å². The van der Waals surface area contributed by atoms with Crippen LogP contribution in [0.2, 0.25) is 0 Å². The number of ether oxygens (including phenoxy) is 2. The Morgan fingerprint density at radius 1 is 1.08 bits per heavy atom. The second-order valence-corrected chi connectivity index (χ2v) is 6.11. The van der Waals surface area contributed by atoms with Gasteiger partial charge in [-0.15, -0.1) is 10.2 Å². The van der Waals surface area contributed by atoms with Crippen molar-refractivity contribution in [1.82, 2.24) is 14.9 Å². The van der Waals surface area contributed by atoms with Crippen molar-refractivity contribution < 1.29 is 13.9 Å². The Bertz CT molecular complexity index is 885. The lowest BCUT2D eigenvalue weighted by Gasteiger charge is -2.09. The van der Waals surface area contributed by atoms with Crippen LogP contribution >= 0.6 is 11.8 Å². The SMILES string of the molecule is COc1ccc(-c2nnc(SCc3cccc(F)c3)n2N)cc1OC. The Morgan fingerprint density at radius 3 is 2.60 bits per heavy atom. The van der Waals surface area contributed by atoms with Crippen LogP contribution in [0.1, 0.15) is 5.56 Å². The molecule has 0 bridgehead atoms. The first-order chi connectivity index (χ1) is 12.1. The van der Waals surface area contributed by atoms with Gasteiger partial charge in [-0.1, -0.05) is 23.9 Å². The maximum Gasteiger partial charge on any atom is 0.210 e. The number of hydrogen-bond donors (Lipinski definition) is 1. The molecule has 0 saturated heterocycles. The van der Waals surface area contributed by atoms with Gasteiger partial charge in [0.1, 0.15) is 5.82 Å². The molecule has 0 unspecified atom stereocenters. The van der Waals surface area contributed by atoms with E-state index in [-0.39, 0.29) is 5.82 Å². The molecule has 1 aromatic heterocycles. The number of nitrogens with two attached hydrogens (primary N) is 1. The third-order valence-corrected chi connectivity index (χ3v) is 4.58. The van der Waals surface area contributed by atoms with Crippen LogP contribution < -0.4 is 15.3 Å². The molecule has 2 aromatic carbocycles. The summed E-state index contributed by atoms with van der Waals surface area (Å²) in [6, 6.07) is 11.8. The fraction of sp³-hybridized carbons (Fsp3) is 0.176. The van der Waals surface area contributed by atoms with Crippen molar-refractivity contribution in [1.29, 1.82) is 0 Å². The fourth-order valence-corrected chi connectivity index (χ4v) is 3.12. The van der Waals surface area contributed by atoms with E-state index in [0.717, 1.165) is 11.1 Å². The quantitative estimate of drug-likeness (QED) is 0.538. The molecule has 8 heteroatoms. The second-order valence-electron chi connectivity index (χ2n) is 5.16. The van der Waals surface area contributed by atoms with Gasteiger partial charge >= 0.3 is 0 Å². The van der Waals surface area contributed by atoms with Gasteiger partial charge in [-0.3, -0.25) is 0 Å². The first-order valence-corrected chi connectivity index (χ1v) is 8.41. The summed E-state index contributed by atoms with van der Waals surface area (Å²) in [5.74, 6) is 8.09. The van der Waals surface area contributed by atoms with Gasteiger partial charge in [0.25, 0.3) is 0 Å². The molecule has 1 heterocycles. The monoisotopic (exact) mass is 360 g/mol. The van der Waals surface area contributed by atoms with Gasteiger partial charge in [-0.2, -0.15) is 0 Å². The summed E-state index contributed by atoms with van der Waals surface area (Å²) in [5.41, 5.74) is 1.60. The van der Waals surface area contributed by atoms with Crippen LogP contribution in [0.5, 0.6) is 11.5 Å². The summed E-state index contributed by atoms with van der Waals surface area (Å²) in [6.45, 7) is 0. The number of hydrogen-bond acceptors (Lipinski definition) is 6. The van der Waals surface area contributed by atoms with Gasteiger partial charge in [0.05, 0.1) is 14.2 Å². The Labute approximate surface area is 148 Å². The topological polar surface area (TPSA) is 75.2 Å². The van der Waals surface area contributed by atoms with E-state index in [9.17, 15) is 4.39 Å². The van der Waals surface area contributed by atoms with Crippen LogP contribution in [0.25, 0.3) is 11.4 Å². The van der Waals surface area contributed by atoms with E-state index in [4.69, 9.17) is 15.3 Å². The number of nitrogens with zero attached hydrogens (tertiary/aromatic N) is 3. The lowest BCUT2D eigenvalue weighted by Crippen LogP contribution is -2.11. The molecule has 0 spiro atoms. The number of nitrogen functional groups attached to an aromatic ring is 1. The number of methoxy groups -OCH3 is 2. The molecule has 0 amide bonds. The van der Waals surface area contributed by atoms with E-state index in [1.165, 1.54) is 28.6 Å². The van der Waals surface area contributed by atoms with Crippen LogP contribution in [0, 0.1) is 5.82 Å². The standard InChI is InChI=1S/C17H17FN4O2S/c1-23-14-7-6-12(9-15(14)24-2)16-20-21-17(22(16)19)25-10-11-4-3-5-13(18)8-11/h3-9H,10,19H2,1-2H3. The van der Waals surface area contributed by atoms with Crippen LogP contribution in [0.3, 0.4) is 0 Å². The van der Waals surface area contributed by atoms with E-state index in [1.807, 2.05) is 12.1 Å². The first kappa shape index (κ1) is 17.1. The van der Waals surface area contributed by atoms with Crippen molar-refractivity contribution in [2.24, 2.45) is 0 Å². The first-order valence-electron chi connectivity index (χ1n) is 7.42. The highest BCUT2D eigenvalue weighted by molar-refractivity contribution is 7.98. The molecule has 0 saturated carbocycles. The number of rotatable bonds is 6. The van der Waals surface area contributed by atoms with E-state index in [0.29, 0.717) is 28.2 Å².